The third kappa shape index (κ3) is 5.44. The van der Waals surface area contributed by atoms with Crippen molar-refractivity contribution in [3.05, 3.63) is 82.7 Å². The lowest BCUT2D eigenvalue weighted by Crippen LogP contribution is -2.14. The molecule has 0 atom stereocenters. The lowest BCUT2D eigenvalue weighted by molar-refractivity contribution is 0.0265. The summed E-state index contributed by atoms with van der Waals surface area (Å²) >= 11 is 0. The van der Waals surface area contributed by atoms with E-state index in [1.807, 2.05) is 19.9 Å². The second kappa shape index (κ2) is 9.54. The molecule has 0 N–H and O–H groups in total. The van der Waals surface area contributed by atoms with Gasteiger partial charge in [0.1, 0.15) is 31.3 Å². The Hall–Kier alpha value is -3.61. The van der Waals surface area contributed by atoms with Crippen LogP contribution < -0.4 is 4.74 Å². The summed E-state index contributed by atoms with van der Waals surface area (Å²) in [4.78, 5) is 23.9. The summed E-state index contributed by atoms with van der Waals surface area (Å²) in [6.07, 6.45) is 0. The average molecular weight is 395 g/mol. The van der Waals surface area contributed by atoms with Gasteiger partial charge >= 0.3 is 11.9 Å². The molecule has 0 radical (unpaired) electrons. The molecule has 3 aromatic rings. The van der Waals surface area contributed by atoms with Crippen LogP contribution in [0.15, 0.2) is 59.1 Å². The summed E-state index contributed by atoms with van der Waals surface area (Å²) in [7, 11) is 0. The summed E-state index contributed by atoms with van der Waals surface area (Å²) < 4.78 is 21.0. The molecule has 0 aliphatic rings. The fourth-order valence-corrected chi connectivity index (χ4v) is 2.56. The Morgan fingerprint density at radius 1 is 0.862 bits per heavy atom. The molecule has 2 aromatic carbocycles. The van der Waals surface area contributed by atoms with Gasteiger partial charge in [0.2, 0.25) is 0 Å². The van der Waals surface area contributed by atoms with Gasteiger partial charge in [0, 0.05) is 0 Å². The van der Waals surface area contributed by atoms with Crippen molar-refractivity contribution in [1.82, 2.24) is 5.16 Å². The van der Waals surface area contributed by atoms with Gasteiger partial charge in [-0.25, -0.2) is 9.59 Å². The molecule has 0 bridgehead atoms. The number of carbonyl (C=O) groups is 2. The SMILES string of the molecule is Cc1noc(C)c1COc1ccc(C(=O)OCCOC(=O)c2ccccc2)cc1. The second-order valence-electron chi connectivity index (χ2n) is 6.25. The van der Waals surface area contributed by atoms with E-state index in [1.165, 1.54) is 0 Å². The Morgan fingerprint density at radius 2 is 1.45 bits per heavy atom. The van der Waals surface area contributed by atoms with Crippen LogP contribution in [-0.2, 0) is 16.1 Å². The predicted octanol–water partition coefficient (Wildman–Crippen LogP) is 3.88. The monoisotopic (exact) mass is 395 g/mol. The van der Waals surface area contributed by atoms with Crippen LogP contribution in [0.2, 0.25) is 0 Å². The van der Waals surface area contributed by atoms with E-state index in [0.29, 0.717) is 23.5 Å². The standard InChI is InChI=1S/C22H21NO6/c1-15-20(16(2)29-23-15)14-28-19-10-8-18(9-11-19)22(25)27-13-12-26-21(24)17-6-4-3-5-7-17/h3-11H,12-14H2,1-2H3. The van der Waals surface area contributed by atoms with Crippen molar-refractivity contribution < 1.29 is 28.3 Å². The molecule has 0 spiro atoms. The smallest absolute Gasteiger partial charge is 0.338 e. The lowest BCUT2D eigenvalue weighted by atomic mass is 10.2. The van der Waals surface area contributed by atoms with Crippen molar-refractivity contribution in [2.24, 2.45) is 0 Å². The van der Waals surface area contributed by atoms with Crippen molar-refractivity contribution in [2.45, 2.75) is 20.5 Å². The fraction of sp³-hybridized carbons (Fsp3) is 0.227. The fourth-order valence-electron chi connectivity index (χ4n) is 2.56. The predicted molar refractivity (Wildman–Crippen MR) is 104 cm³/mol. The number of ether oxygens (including phenoxy) is 3. The molecular weight excluding hydrogens is 374 g/mol. The van der Waals surface area contributed by atoms with Crippen LogP contribution in [0.4, 0.5) is 0 Å². The topological polar surface area (TPSA) is 87.9 Å². The lowest BCUT2D eigenvalue weighted by Gasteiger charge is -2.08. The molecule has 1 heterocycles. The van der Waals surface area contributed by atoms with Crippen LogP contribution in [-0.4, -0.2) is 30.3 Å². The Morgan fingerprint density at radius 3 is 2.00 bits per heavy atom. The third-order valence-electron chi connectivity index (χ3n) is 4.21. The van der Waals surface area contributed by atoms with Gasteiger partial charge in [-0.05, 0) is 50.2 Å². The second-order valence-corrected chi connectivity index (χ2v) is 6.25. The van der Waals surface area contributed by atoms with Gasteiger partial charge in [-0.3, -0.25) is 0 Å². The van der Waals surface area contributed by atoms with E-state index in [1.54, 1.807) is 48.5 Å². The summed E-state index contributed by atoms with van der Waals surface area (Å²) in [6, 6.07) is 15.2. The van der Waals surface area contributed by atoms with E-state index in [4.69, 9.17) is 18.7 Å². The number of aromatic nitrogens is 1. The first kappa shape index (κ1) is 20.1. The largest absolute Gasteiger partial charge is 0.489 e. The van der Waals surface area contributed by atoms with E-state index >= 15 is 0 Å². The maximum Gasteiger partial charge on any atom is 0.338 e. The summed E-state index contributed by atoms with van der Waals surface area (Å²) in [6.45, 7) is 3.97. The molecule has 7 heteroatoms. The molecule has 7 nitrogen and oxygen atoms in total. The summed E-state index contributed by atoms with van der Waals surface area (Å²) in [5, 5.41) is 3.88. The van der Waals surface area contributed by atoms with E-state index < -0.39 is 11.9 Å². The Labute approximate surface area is 168 Å². The zero-order valence-electron chi connectivity index (χ0n) is 16.2. The van der Waals surface area contributed by atoms with Gasteiger partial charge < -0.3 is 18.7 Å². The minimum atomic E-state index is -0.502. The molecule has 150 valence electrons. The Balaban J connectivity index is 1.42. The van der Waals surface area contributed by atoms with Crippen LogP contribution in [0.3, 0.4) is 0 Å². The molecule has 0 fully saturated rings. The van der Waals surface area contributed by atoms with Crippen molar-refractivity contribution in [3.63, 3.8) is 0 Å². The van der Waals surface area contributed by atoms with Crippen LogP contribution >= 0.6 is 0 Å². The molecule has 0 unspecified atom stereocenters. The first-order valence-corrected chi connectivity index (χ1v) is 9.08. The summed E-state index contributed by atoms with van der Waals surface area (Å²) in [5.74, 6) is 0.369. The zero-order valence-corrected chi connectivity index (χ0v) is 16.2. The number of hydrogen-bond acceptors (Lipinski definition) is 7. The highest BCUT2D eigenvalue weighted by molar-refractivity contribution is 5.90. The molecule has 1 aromatic heterocycles. The number of nitrogens with zero attached hydrogens (tertiary/aromatic N) is 1. The Kier molecular flexibility index (Phi) is 6.63. The quantitative estimate of drug-likeness (QED) is 0.422. The average Bonchev–Trinajstić information content (AvgIpc) is 3.07. The highest BCUT2D eigenvalue weighted by Crippen LogP contribution is 2.18. The van der Waals surface area contributed by atoms with E-state index in [0.717, 1.165) is 17.0 Å². The van der Waals surface area contributed by atoms with Gasteiger partial charge in [-0.1, -0.05) is 23.4 Å². The van der Waals surface area contributed by atoms with E-state index in [9.17, 15) is 9.59 Å². The Bertz CT molecular complexity index is 943. The number of benzene rings is 2. The minimum absolute atomic E-state index is 0.0158. The molecule has 29 heavy (non-hydrogen) atoms. The van der Waals surface area contributed by atoms with Gasteiger partial charge in [0.25, 0.3) is 0 Å². The number of carbonyl (C=O) groups excluding carboxylic acids is 2. The van der Waals surface area contributed by atoms with Gasteiger partial charge in [0.05, 0.1) is 22.4 Å². The number of hydrogen-bond donors (Lipinski definition) is 0. The maximum absolute atomic E-state index is 12.1. The first-order chi connectivity index (χ1) is 14.0. The van der Waals surface area contributed by atoms with Crippen LogP contribution in [0, 0.1) is 13.8 Å². The first-order valence-electron chi connectivity index (χ1n) is 9.08. The highest BCUT2D eigenvalue weighted by atomic mass is 16.6. The third-order valence-corrected chi connectivity index (χ3v) is 4.21. The van der Waals surface area contributed by atoms with Crippen molar-refractivity contribution >= 4 is 11.9 Å². The van der Waals surface area contributed by atoms with Crippen LogP contribution in [0.1, 0.15) is 37.7 Å². The van der Waals surface area contributed by atoms with Gasteiger partial charge in [-0.2, -0.15) is 0 Å². The number of esters is 2. The highest BCUT2D eigenvalue weighted by Gasteiger charge is 2.11. The molecule has 0 saturated heterocycles. The van der Waals surface area contributed by atoms with Gasteiger partial charge in [-0.15, -0.1) is 0 Å². The van der Waals surface area contributed by atoms with E-state index in [-0.39, 0.29) is 13.2 Å². The van der Waals surface area contributed by atoms with Crippen molar-refractivity contribution in [1.29, 1.82) is 0 Å². The maximum atomic E-state index is 12.1. The summed E-state index contributed by atoms with van der Waals surface area (Å²) in [5.41, 5.74) is 2.52. The van der Waals surface area contributed by atoms with Crippen molar-refractivity contribution in [2.75, 3.05) is 13.2 Å². The van der Waals surface area contributed by atoms with Gasteiger partial charge in [0.15, 0.2) is 0 Å². The van der Waals surface area contributed by atoms with Crippen LogP contribution in [0.5, 0.6) is 5.75 Å². The molecule has 0 aliphatic heterocycles. The molecule has 3 rings (SSSR count). The molecule has 0 amide bonds. The normalized spacial score (nSPS) is 10.4. The van der Waals surface area contributed by atoms with Crippen LogP contribution in [0.25, 0.3) is 0 Å². The van der Waals surface area contributed by atoms with E-state index in [2.05, 4.69) is 5.16 Å². The zero-order chi connectivity index (χ0) is 20.6. The number of aryl methyl sites for hydroxylation is 2. The number of rotatable bonds is 8. The molecule has 0 aliphatic carbocycles. The molecule has 0 saturated carbocycles. The molecular formula is C22H21NO6. The van der Waals surface area contributed by atoms with Crippen molar-refractivity contribution in [3.8, 4) is 5.75 Å². The minimum Gasteiger partial charge on any atom is -0.489 e.